The summed E-state index contributed by atoms with van der Waals surface area (Å²) < 4.78 is 4.57. The standard InChI is InChI=1S/C16H18N8O2/c1-22-10-13(19-21-22)15(25)18-7-8-23-16(26)24(12-4-5-12)14(20-23)11-3-2-6-17-9-11/h2-3,6,9-10,12H,4-5,7-8H2,1H3,(H,18,25). The van der Waals surface area contributed by atoms with Crippen LogP contribution in [0, 0.1) is 0 Å². The number of hydrogen-bond acceptors (Lipinski definition) is 6. The second-order valence-corrected chi connectivity index (χ2v) is 6.21. The maximum absolute atomic E-state index is 12.7. The van der Waals surface area contributed by atoms with Crippen molar-refractivity contribution in [2.45, 2.75) is 25.4 Å². The number of hydrogen-bond donors (Lipinski definition) is 1. The molecule has 0 saturated heterocycles. The summed E-state index contributed by atoms with van der Waals surface area (Å²) >= 11 is 0. The van der Waals surface area contributed by atoms with Crippen LogP contribution in [-0.2, 0) is 13.6 Å². The Morgan fingerprint density at radius 1 is 1.38 bits per heavy atom. The normalized spacial score (nSPS) is 13.7. The third-order valence-corrected chi connectivity index (χ3v) is 4.15. The van der Waals surface area contributed by atoms with Crippen LogP contribution in [0.1, 0.15) is 29.4 Å². The Bertz CT molecular complexity index is 983. The Morgan fingerprint density at radius 3 is 2.88 bits per heavy atom. The Balaban J connectivity index is 1.50. The molecular weight excluding hydrogens is 336 g/mol. The van der Waals surface area contributed by atoms with Gasteiger partial charge in [-0.2, -0.15) is 0 Å². The fourth-order valence-corrected chi connectivity index (χ4v) is 2.74. The molecule has 0 atom stereocenters. The van der Waals surface area contributed by atoms with Gasteiger partial charge in [-0.15, -0.1) is 10.2 Å². The minimum Gasteiger partial charge on any atom is -0.349 e. The van der Waals surface area contributed by atoms with Crippen molar-refractivity contribution >= 4 is 5.91 Å². The van der Waals surface area contributed by atoms with Crippen molar-refractivity contribution in [3.05, 3.63) is 46.9 Å². The molecule has 3 heterocycles. The number of carbonyl (C=O) groups is 1. The lowest BCUT2D eigenvalue weighted by atomic mass is 10.3. The molecule has 1 aliphatic rings. The van der Waals surface area contributed by atoms with Gasteiger partial charge in [0.25, 0.3) is 5.91 Å². The number of aromatic nitrogens is 7. The predicted octanol–water partition coefficient (Wildman–Crippen LogP) is 0.000200. The fourth-order valence-electron chi connectivity index (χ4n) is 2.74. The summed E-state index contributed by atoms with van der Waals surface area (Å²) in [5.41, 5.74) is 0.873. The van der Waals surface area contributed by atoms with Crippen molar-refractivity contribution in [1.82, 2.24) is 39.6 Å². The molecule has 0 aromatic carbocycles. The largest absolute Gasteiger partial charge is 0.349 e. The highest BCUT2D eigenvalue weighted by molar-refractivity contribution is 5.91. The first-order valence-electron chi connectivity index (χ1n) is 8.38. The van der Waals surface area contributed by atoms with Gasteiger partial charge in [-0.1, -0.05) is 5.21 Å². The quantitative estimate of drug-likeness (QED) is 0.667. The lowest BCUT2D eigenvalue weighted by molar-refractivity contribution is 0.0946. The molecule has 4 rings (SSSR count). The molecule has 1 aliphatic carbocycles. The van der Waals surface area contributed by atoms with Crippen LogP contribution in [0.5, 0.6) is 0 Å². The minimum absolute atomic E-state index is 0.167. The Morgan fingerprint density at radius 2 is 2.23 bits per heavy atom. The Hall–Kier alpha value is -3.30. The topological polar surface area (TPSA) is 113 Å². The molecule has 10 nitrogen and oxygen atoms in total. The van der Waals surface area contributed by atoms with Crippen LogP contribution in [0.2, 0.25) is 0 Å². The van der Waals surface area contributed by atoms with Crippen LogP contribution in [-0.4, -0.2) is 46.8 Å². The van der Waals surface area contributed by atoms with Crippen LogP contribution < -0.4 is 11.0 Å². The van der Waals surface area contributed by atoms with Crippen LogP contribution in [0.3, 0.4) is 0 Å². The zero-order chi connectivity index (χ0) is 18.1. The molecule has 1 N–H and O–H groups in total. The highest BCUT2D eigenvalue weighted by atomic mass is 16.2. The van der Waals surface area contributed by atoms with E-state index in [9.17, 15) is 9.59 Å². The molecule has 3 aromatic heterocycles. The lowest BCUT2D eigenvalue weighted by Crippen LogP contribution is -2.32. The van der Waals surface area contributed by atoms with Crippen molar-refractivity contribution in [2.24, 2.45) is 7.05 Å². The SMILES string of the molecule is Cn1cc(C(=O)NCCn2nc(-c3cccnc3)n(C3CC3)c2=O)nn1. The first-order chi connectivity index (χ1) is 12.6. The first kappa shape index (κ1) is 16.2. The van der Waals surface area contributed by atoms with Gasteiger partial charge in [0, 0.05) is 37.6 Å². The van der Waals surface area contributed by atoms with Crippen LogP contribution in [0.15, 0.2) is 35.5 Å². The molecule has 0 bridgehead atoms. The summed E-state index contributed by atoms with van der Waals surface area (Å²) in [4.78, 5) is 28.8. The average molecular weight is 354 g/mol. The summed E-state index contributed by atoms with van der Waals surface area (Å²) in [6.45, 7) is 0.543. The van der Waals surface area contributed by atoms with Gasteiger partial charge in [-0.25, -0.2) is 9.48 Å². The van der Waals surface area contributed by atoms with E-state index in [4.69, 9.17) is 0 Å². The van der Waals surface area contributed by atoms with E-state index in [0.717, 1.165) is 18.4 Å². The minimum atomic E-state index is -0.333. The van der Waals surface area contributed by atoms with Crippen molar-refractivity contribution in [3.63, 3.8) is 0 Å². The van der Waals surface area contributed by atoms with Gasteiger partial charge < -0.3 is 5.32 Å². The van der Waals surface area contributed by atoms with E-state index in [1.165, 1.54) is 15.6 Å². The van der Waals surface area contributed by atoms with Gasteiger partial charge in [0.2, 0.25) is 0 Å². The van der Waals surface area contributed by atoms with E-state index in [0.29, 0.717) is 5.82 Å². The highest BCUT2D eigenvalue weighted by Gasteiger charge is 2.30. The molecule has 0 spiro atoms. The molecule has 0 unspecified atom stereocenters. The highest BCUT2D eigenvalue weighted by Crippen LogP contribution is 2.36. The van der Waals surface area contributed by atoms with Crippen LogP contribution >= 0.6 is 0 Å². The van der Waals surface area contributed by atoms with Gasteiger partial charge in [-0.05, 0) is 25.0 Å². The molecule has 1 saturated carbocycles. The summed E-state index contributed by atoms with van der Waals surface area (Å²) in [5.74, 6) is 0.283. The maximum Gasteiger partial charge on any atom is 0.346 e. The average Bonchev–Trinajstić information content (AvgIpc) is 3.30. The number of carbonyl (C=O) groups excluding carboxylic acids is 1. The van der Waals surface area contributed by atoms with Crippen LogP contribution in [0.25, 0.3) is 11.4 Å². The zero-order valence-electron chi connectivity index (χ0n) is 14.2. The smallest absolute Gasteiger partial charge is 0.346 e. The third-order valence-electron chi connectivity index (χ3n) is 4.15. The lowest BCUT2D eigenvalue weighted by Gasteiger charge is -2.02. The van der Waals surface area contributed by atoms with E-state index in [1.54, 1.807) is 24.0 Å². The number of amides is 1. The zero-order valence-corrected chi connectivity index (χ0v) is 14.2. The number of nitrogens with zero attached hydrogens (tertiary/aromatic N) is 7. The number of nitrogens with one attached hydrogen (secondary N) is 1. The predicted molar refractivity (Wildman–Crippen MR) is 91.3 cm³/mol. The number of pyridine rings is 1. The van der Waals surface area contributed by atoms with E-state index in [1.807, 2.05) is 12.1 Å². The molecule has 26 heavy (non-hydrogen) atoms. The summed E-state index contributed by atoms with van der Waals surface area (Å²) in [6.07, 6.45) is 6.86. The molecular formula is C16H18N8O2. The maximum atomic E-state index is 12.7. The molecule has 1 amide bonds. The van der Waals surface area contributed by atoms with Gasteiger partial charge in [0.1, 0.15) is 0 Å². The van der Waals surface area contributed by atoms with Gasteiger partial charge >= 0.3 is 5.69 Å². The molecule has 0 radical (unpaired) electrons. The van der Waals surface area contributed by atoms with Gasteiger partial charge in [0.15, 0.2) is 11.5 Å². The number of rotatable bonds is 6. The van der Waals surface area contributed by atoms with Crippen LogP contribution in [0.4, 0.5) is 0 Å². The molecule has 134 valence electrons. The van der Waals surface area contributed by atoms with Crippen molar-refractivity contribution in [2.75, 3.05) is 6.54 Å². The van der Waals surface area contributed by atoms with Crippen molar-refractivity contribution in [3.8, 4) is 11.4 Å². The van der Waals surface area contributed by atoms with Gasteiger partial charge in [-0.3, -0.25) is 19.0 Å². The second-order valence-electron chi connectivity index (χ2n) is 6.21. The van der Waals surface area contributed by atoms with E-state index in [-0.39, 0.29) is 36.4 Å². The molecule has 0 aliphatic heterocycles. The summed E-state index contributed by atoms with van der Waals surface area (Å²) in [7, 11) is 1.69. The monoisotopic (exact) mass is 354 g/mol. The molecule has 1 fully saturated rings. The fraction of sp³-hybridized carbons (Fsp3) is 0.375. The Kier molecular flexibility index (Phi) is 4.07. The van der Waals surface area contributed by atoms with Crippen molar-refractivity contribution in [1.29, 1.82) is 0 Å². The Labute approximate surface area is 148 Å². The van der Waals surface area contributed by atoms with E-state index >= 15 is 0 Å². The first-order valence-corrected chi connectivity index (χ1v) is 8.38. The number of aryl methyl sites for hydroxylation is 1. The second kappa shape index (κ2) is 6.54. The molecule has 10 heteroatoms. The summed E-state index contributed by atoms with van der Waals surface area (Å²) in [5, 5.41) is 14.7. The summed E-state index contributed by atoms with van der Waals surface area (Å²) in [6, 6.07) is 3.89. The molecule has 3 aromatic rings. The van der Waals surface area contributed by atoms with Crippen molar-refractivity contribution < 1.29 is 4.79 Å². The third kappa shape index (κ3) is 3.13. The van der Waals surface area contributed by atoms with E-state index in [2.05, 4.69) is 25.7 Å². The van der Waals surface area contributed by atoms with Gasteiger partial charge in [0.05, 0.1) is 12.7 Å². The van der Waals surface area contributed by atoms with E-state index < -0.39 is 0 Å².